The number of thioether (sulfide) groups is 1. The maximum Gasteiger partial charge on any atom is 0.244 e. The number of halogens is 2. The van der Waals surface area contributed by atoms with Crippen molar-refractivity contribution in [3.05, 3.63) is 10.1 Å². The molecule has 5 rings (SSSR count). The van der Waals surface area contributed by atoms with E-state index < -0.39 is 54.3 Å². The van der Waals surface area contributed by atoms with Crippen LogP contribution in [0.15, 0.2) is 0 Å². The fraction of sp³-hybridized carbons (Fsp3) is 0.968. The monoisotopic (exact) mass is 738 g/mol. The summed E-state index contributed by atoms with van der Waals surface area (Å²) in [6.07, 6.45) is -0.232. The van der Waals surface area contributed by atoms with Crippen molar-refractivity contribution in [2.75, 3.05) is 20.2 Å². The van der Waals surface area contributed by atoms with Crippen molar-refractivity contribution < 1.29 is 31.7 Å². The third-order valence-corrected chi connectivity index (χ3v) is 16.1. The Morgan fingerprint density at radius 3 is 2.41 bits per heavy atom. The molecule has 12 unspecified atom stereocenters. The molecule has 1 amide bonds. The molecule has 7 N–H and O–H groups in total. The van der Waals surface area contributed by atoms with Crippen molar-refractivity contribution in [2.45, 2.75) is 155 Å². The second-order valence-electron chi connectivity index (χ2n) is 15.2. The van der Waals surface area contributed by atoms with Gasteiger partial charge in [-0.2, -0.15) is 0 Å². The summed E-state index contributed by atoms with van der Waals surface area (Å²) in [6.45, 7) is 6.49. The average molecular weight is 739 g/mol. The lowest BCUT2D eigenvalue weighted by Crippen LogP contribution is -2.75. The minimum absolute atomic E-state index is 0.0255. The molecule has 3 saturated heterocycles. The first-order valence-corrected chi connectivity index (χ1v) is 20.3. The van der Waals surface area contributed by atoms with E-state index in [-0.39, 0.29) is 73.6 Å². The van der Waals surface area contributed by atoms with Gasteiger partial charge in [0, 0.05) is 42.1 Å². The number of methoxy groups -OCH3 is 1. The van der Waals surface area contributed by atoms with Crippen LogP contribution in [0.3, 0.4) is 0 Å². The summed E-state index contributed by atoms with van der Waals surface area (Å²) in [4.78, 5) is 24.7. The van der Waals surface area contributed by atoms with Crippen LogP contribution >= 0.6 is 11.8 Å². The zero-order valence-electron chi connectivity index (χ0n) is 29.0. The summed E-state index contributed by atoms with van der Waals surface area (Å²) in [6, 6.07) is -1.15. The van der Waals surface area contributed by atoms with Gasteiger partial charge in [0.05, 0.1) is 28.5 Å². The van der Waals surface area contributed by atoms with Gasteiger partial charge < -0.3 is 10.5 Å². The van der Waals surface area contributed by atoms with Crippen LogP contribution in [-0.2, 0) is 19.4 Å². The van der Waals surface area contributed by atoms with Gasteiger partial charge in [0.15, 0.2) is 16.0 Å². The Hall–Kier alpha value is -1.25. The summed E-state index contributed by atoms with van der Waals surface area (Å²) in [5.41, 5.74) is 11.6. The predicted octanol–water partition coefficient (Wildman–Crippen LogP) is 1.49. The van der Waals surface area contributed by atoms with E-state index in [0.717, 1.165) is 32.4 Å². The summed E-state index contributed by atoms with van der Waals surface area (Å²) in [5, 5.41) is 20.8. The molecule has 3 aliphatic heterocycles. The van der Waals surface area contributed by atoms with Gasteiger partial charge in [-0.3, -0.25) is 41.2 Å². The molecule has 5 fully saturated rings. The smallest absolute Gasteiger partial charge is 0.244 e. The number of ether oxygens (including phenoxy) is 1. The Kier molecular flexibility index (Phi) is 12.9. The number of sulfone groups is 1. The Balaban J connectivity index is 1.26. The van der Waals surface area contributed by atoms with E-state index in [0.29, 0.717) is 19.3 Å². The molecule has 5 aliphatic rings. The summed E-state index contributed by atoms with van der Waals surface area (Å²) >= 11 is 1.41. The molecule has 14 nitrogen and oxygen atoms in total. The summed E-state index contributed by atoms with van der Waals surface area (Å²) in [5.74, 6) is -1.08. The number of alkyl halides is 2. The summed E-state index contributed by atoms with van der Waals surface area (Å²) < 4.78 is 63.9. The van der Waals surface area contributed by atoms with Crippen molar-refractivity contribution in [2.24, 2.45) is 17.6 Å². The van der Waals surface area contributed by atoms with Crippen molar-refractivity contribution >= 4 is 27.5 Å². The molecule has 0 aromatic carbocycles. The second kappa shape index (κ2) is 16.2. The molecule has 49 heavy (non-hydrogen) atoms. The molecule has 0 aromatic rings. The number of nitrogens with zero attached hydrogens (tertiary/aromatic N) is 2. The van der Waals surface area contributed by atoms with E-state index in [1.807, 2.05) is 0 Å². The highest BCUT2D eigenvalue weighted by molar-refractivity contribution is 8.00. The molecule has 3 heterocycles. The quantitative estimate of drug-likeness (QED) is 0.125. The van der Waals surface area contributed by atoms with E-state index in [9.17, 15) is 23.3 Å². The number of carbonyl (C=O) groups excluding carboxylic acids is 1. The van der Waals surface area contributed by atoms with Gasteiger partial charge in [0.1, 0.15) is 17.8 Å². The molecule has 0 radical (unpaired) electrons. The Morgan fingerprint density at radius 2 is 1.82 bits per heavy atom. The normalized spacial score (nSPS) is 40.3. The van der Waals surface area contributed by atoms with E-state index in [2.05, 4.69) is 38.6 Å². The molecule has 12 atom stereocenters. The van der Waals surface area contributed by atoms with Crippen LogP contribution in [0, 0.1) is 22.0 Å². The number of nitrogens with one attached hydrogen (secondary N) is 5. The number of nitrogens with two attached hydrogens (primary N) is 1. The number of carbonyl (C=O) groups is 1. The Labute approximate surface area is 292 Å². The lowest BCUT2D eigenvalue weighted by molar-refractivity contribution is -0.536. The van der Waals surface area contributed by atoms with Crippen LogP contribution in [0.2, 0.25) is 0 Å². The molecule has 0 bridgehead atoms. The van der Waals surface area contributed by atoms with Crippen molar-refractivity contribution in [3.8, 4) is 0 Å². The van der Waals surface area contributed by atoms with Gasteiger partial charge in [0.25, 0.3) is 0 Å². The fourth-order valence-electron chi connectivity index (χ4n) is 8.69. The van der Waals surface area contributed by atoms with E-state index in [1.54, 1.807) is 7.11 Å². The highest BCUT2D eigenvalue weighted by Gasteiger charge is 2.55. The lowest BCUT2D eigenvalue weighted by Gasteiger charge is -2.50. The van der Waals surface area contributed by atoms with Crippen molar-refractivity contribution in [3.63, 3.8) is 0 Å². The third kappa shape index (κ3) is 8.70. The molecule has 18 heteroatoms. The van der Waals surface area contributed by atoms with Gasteiger partial charge in [-0.15, -0.1) is 11.8 Å². The zero-order valence-corrected chi connectivity index (χ0v) is 30.6. The SMILES string of the molecule is COC1C(NC2CC(C)NN2)NC(SC2CCC(S(=O)(=O)C(C)(C)C3CCCC([N+](=O)[O-])C3F)CC2F)NC1N1CCC(CC(N)=O)CC1. The highest BCUT2D eigenvalue weighted by Crippen LogP contribution is 2.45. The van der Waals surface area contributed by atoms with Gasteiger partial charge in [0.2, 0.25) is 11.9 Å². The first-order chi connectivity index (χ1) is 23.1. The number of hydrazine groups is 1. The fourth-order valence-corrected chi connectivity index (χ4v) is 12.4. The number of hydrogen-bond donors (Lipinski definition) is 6. The first-order valence-electron chi connectivity index (χ1n) is 17.8. The molecule has 2 saturated carbocycles. The number of piperidine rings is 1. The molecular weight excluding hydrogens is 683 g/mol. The second-order valence-corrected chi connectivity index (χ2v) is 19.4. The van der Waals surface area contributed by atoms with Crippen LogP contribution in [0.5, 0.6) is 0 Å². The maximum atomic E-state index is 16.1. The maximum absolute atomic E-state index is 16.1. The molecule has 0 aromatic heterocycles. The number of amides is 1. The predicted molar refractivity (Wildman–Crippen MR) is 184 cm³/mol. The zero-order chi connectivity index (χ0) is 35.7. The minimum Gasteiger partial charge on any atom is -0.375 e. The molecule has 2 aliphatic carbocycles. The van der Waals surface area contributed by atoms with Crippen molar-refractivity contribution in [1.29, 1.82) is 0 Å². The molecule has 0 spiro atoms. The van der Waals surface area contributed by atoms with Crippen LogP contribution in [-0.4, -0.2) is 114 Å². The van der Waals surface area contributed by atoms with Gasteiger partial charge in [-0.25, -0.2) is 22.6 Å². The highest BCUT2D eigenvalue weighted by atomic mass is 32.2. The largest absolute Gasteiger partial charge is 0.375 e. The Morgan fingerprint density at radius 1 is 1.10 bits per heavy atom. The molecule has 282 valence electrons. The number of primary amides is 1. The van der Waals surface area contributed by atoms with Gasteiger partial charge in [-0.1, -0.05) is 0 Å². The minimum atomic E-state index is -4.02. The molecular formula is C31H56F2N8O6S2. The van der Waals surface area contributed by atoms with Crippen molar-refractivity contribution in [1.82, 2.24) is 31.7 Å². The number of nitro groups is 1. The lowest BCUT2D eigenvalue weighted by atomic mass is 9.77. The van der Waals surface area contributed by atoms with Gasteiger partial charge >= 0.3 is 0 Å². The van der Waals surface area contributed by atoms with Crippen LogP contribution < -0.4 is 32.5 Å². The van der Waals surface area contributed by atoms with Crippen LogP contribution in [0.25, 0.3) is 0 Å². The number of rotatable bonds is 12. The van der Waals surface area contributed by atoms with Crippen LogP contribution in [0.1, 0.15) is 85.0 Å². The van der Waals surface area contributed by atoms with Gasteiger partial charge in [-0.05, 0) is 91.1 Å². The third-order valence-electron chi connectivity index (χ3n) is 11.6. The Bertz CT molecular complexity index is 1260. The van der Waals surface area contributed by atoms with E-state index in [4.69, 9.17) is 10.5 Å². The number of likely N-dealkylation sites (tertiary alicyclic amines) is 1. The topological polar surface area (TPSA) is 193 Å². The van der Waals surface area contributed by atoms with E-state index >= 15 is 8.78 Å². The van der Waals surface area contributed by atoms with E-state index in [1.165, 1.54) is 25.6 Å². The first kappa shape index (κ1) is 39.0. The van der Waals surface area contributed by atoms with Crippen LogP contribution in [0.4, 0.5) is 8.78 Å². The standard InChI is InChI=1S/C31H56F2N8O6S2/c1-17-14-25(39-38-17)35-28-27(47-4)29(40-12-10-18(11-13-40)15-24(34)42)37-30(36-28)48-23-9-8-19(16-21(23)32)49(45,46)31(2,3)20-6-5-7-22(26(20)33)41(43)44/h17-23,25-30,35-39H,5-16H2,1-4H3,(H2,34,42). The average Bonchev–Trinajstić information content (AvgIpc) is 3.45. The summed E-state index contributed by atoms with van der Waals surface area (Å²) in [7, 11) is -2.35. The number of hydrogen-bond acceptors (Lipinski definition) is 13.